The van der Waals surface area contributed by atoms with Crippen LogP contribution in [0.2, 0.25) is 0 Å². The SMILES string of the molecule is C#Cc1ccc(C(=O)N[C@H]2CC[C@@](O)(c3ncc(-c4cc(C)cc(Nc5nccc(C(F)(F)F)n5)c4)s3)CC2)cc1. The predicted molar refractivity (Wildman–Crippen MR) is 151 cm³/mol. The molecule has 1 aliphatic rings. The van der Waals surface area contributed by atoms with Crippen LogP contribution in [0.3, 0.4) is 0 Å². The van der Waals surface area contributed by atoms with Gasteiger partial charge in [0.1, 0.15) is 16.3 Å². The number of halogens is 3. The number of amides is 1. The highest BCUT2D eigenvalue weighted by atomic mass is 32.1. The minimum Gasteiger partial charge on any atom is -0.383 e. The molecule has 2 heterocycles. The number of carbonyl (C=O) groups is 1. The summed E-state index contributed by atoms with van der Waals surface area (Å²) >= 11 is 1.36. The molecule has 3 N–H and O–H groups in total. The van der Waals surface area contributed by atoms with Crippen molar-refractivity contribution in [3.8, 4) is 22.8 Å². The highest BCUT2D eigenvalue weighted by molar-refractivity contribution is 7.15. The Morgan fingerprint density at radius 3 is 2.54 bits per heavy atom. The number of benzene rings is 2. The van der Waals surface area contributed by atoms with Gasteiger partial charge in [-0.05, 0) is 86.2 Å². The lowest BCUT2D eigenvalue weighted by molar-refractivity contribution is -0.141. The number of aliphatic hydroxyl groups is 1. The minimum absolute atomic E-state index is 0.0713. The van der Waals surface area contributed by atoms with Gasteiger partial charge < -0.3 is 15.7 Å². The molecule has 5 rings (SSSR count). The second-order valence-electron chi connectivity index (χ2n) is 10.0. The van der Waals surface area contributed by atoms with E-state index in [9.17, 15) is 23.1 Å². The summed E-state index contributed by atoms with van der Waals surface area (Å²) in [5.41, 5.74) is 1.28. The zero-order valence-electron chi connectivity index (χ0n) is 22.0. The number of alkyl halides is 3. The molecule has 1 saturated carbocycles. The molecule has 7 nitrogen and oxygen atoms in total. The molecule has 2 aromatic heterocycles. The monoisotopic (exact) mass is 577 g/mol. The van der Waals surface area contributed by atoms with Crippen molar-refractivity contribution >= 4 is 28.9 Å². The maximum absolute atomic E-state index is 13.0. The molecule has 210 valence electrons. The lowest BCUT2D eigenvalue weighted by Crippen LogP contribution is -2.42. The van der Waals surface area contributed by atoms with E-state index in [-0.39, 0.29) is 17.9 Å². The van der Waals surface area contributed by atoms with E-state index < -0.39 is 17.5 Å². The van der Waals surface area contributed by atoms with E-state index in [0.29, 0.717) is 47.5 Å². The summed E-state index contributed by atoms with van der Waals surface area (Å²) in [6.45, 7) is 1.87. The Balaban J connectivity index is 1.25. The van der Waals surface area contributed by atoms with Crippen molar-refractivity contribution in [3.05, 3.63) is 88.3 Å². The zero-order valence-corrected chi connectivity index (χ0v) is 22.8. The Morgan fingerprint density at radius 1 is 1.12 bits per heavy atom. The van der Waals surface area contributed by atoms with Crippen LogP contribution in [-0.4, -0.2) is 32.0 Å². The third-order valence-electron chi connectivity index (χ3n) is 6.93. The Kier molecular flexibility index (Phi) is 7.80. The van der Waals surface area contributed by atoms with Gasteiger partial charge in [-0.2, -0.15) is 13.2 Å². The summed E-state index contributed by atoms with van der Waals surface area (Å²) in [7, 11) is 0. The maximum Gasteiger partial charge on any atom is 0.433 e. The molecule has 2 aromatic carbocycles. The topological polar surface area (TPSA) is 100 Å². The molecule has 1 aliphatic carbocycles. The first-order valence-electron chi connectivity index (χ1n) is 12.9. The quantitative estimate of drug-likeness (QED) is 0.236. The summed E-state index contributed by atoms with van der Waals surface area (Å²) < 4.78 is 39.1. The molecule has 0 unspecified atom stereocenters. The molecule has 11 heteroatoms. The number of thiazole rings is 1. The predicted octanol–water partition coefficient (Wildman–Crippen LogP) is 6.21. The number of rotatable bonds is 6. The fourth-order valence-corrected chi connectivity index (χ4v) is 5.82. The van der Waals surface area contributed by atoms with Gasteiger partial charge in [0.25, 0.3) is 5.91 Å². The smallest absolute Gasteiger partial charge is 0.383 e. The Morgan fingerprint density at radius 2 is 1.85 bits per heavy atom. The van der Waals surface area contributed by atoms with E-state index in [1.165, 1.54) is 11.3 Å². The van der Waals surface area contributed by atoms with Crippen molar-refractivity contribution in [2.45, 2.75) is 50.4 Å². The summed E-state index contributed by atoms with van der Waals surface area (Å²) in [4.78, 5) is 25.4. The van der Waals surface area contributed by atoms with Crippen LogP contribution in [0.15, 0.2) is 60.9 Å². The molecule has 41 heavy (non-hydrogen) atoms. The lowest BCUT2D eigenvalue weighted by atomic mass is 9.82. The molecular formula is C30H26F3N5O2S. The van der Waals surface area contributed by atoms with Crippen LogP contribution < -0.4 is 10.6 Å². The third-order valence-corrected chi connectivity index (χ3v) is 8.17. The van der Waals surface area contributed by atoms with E-state index in [1.54, 1.807) is 42.6 Å². The van der Waals surface area contributed by atoms with E-state index in [2.05, 4.69) is 31.5 Å². The van der Waals surface area contributed by atoms with Crippen LogP contribution in [0.5, 0.6) is 0 Å². The van der Waals surface area contributed by atoms with Gasteiger partial charge in [-0.15, -0.1) is 17.8 Å². The van der Waals surface area contributed by atoms with Gasteiger partial charge in [0.15, 0.2) is 0 Å². The van der Waals surface area contributed by atoms with Crippen molar-refractivity contribution in [1.29, 1.82) is 0 Å². The molecule has 1 amide bonds. The van der Waals surface area contributed by atoms with Crippen LogP contribution in [0.25, 0.3) is 10.4 Å². The standard InChI is InChI=1S/C30H26F3N5O2S/c1-3-19-4-6-20(7-5-19)26(39)36-22-8-11-29(40,12-9-22)27-35-17-24(41-27)21-14-18(2)15-23(16-21)37-28-34-13-10-25(38-28)30(31,32)33/h1,4-7,10,13-17,22,40H,8-9,11-12H2,2H3,(H,36,39)(H,34,37,38)/t22-,29-. The normalized spacial score (nSPS) is 18.9. The molecule has 1 fully saturated rings. The van der Waals surface area contributed by atoms with Gasteiger partial charge in [0.2, 0.25) is 5.95 Å². The second-order valence-corrected chi connectivity index (χ2v) is 11.0. The van der Waals surface area contributed by atoms with Crippen LogP contribution in [-0.2, 0) is 11.8 Å². The van der Waals surface area contributed by atoms with E-state index >= 15 is 0 Å². The number of aromatic nitrogens is 3. The van der Waals surface area contributed by atoms with Crippen LogP contribution in [0.4, 0.5) is 24.8 Å². The molecule has 0 atom stereocenters. The number of terminal acetylenes is 1. The number of nitrogens with zero attached hydrogens (tertiary/aromatic N) is 3. The highest BCUT2D eigenvalue weighted by Gasteiger charge is 2.38. The molecule has 0 radical (unpaired) electrons. The average Bonchev–Trinajstić information content (AvgIpc) is 3.45. The Bertz CT molecular complexity index is 1600. The fraction of sp³-hybridized carbons (Fsp3) is 0.267. The lowest BCUT2D eigenvalue weighted by Gasteiger charge is -2.34. The van der Waals surface area contributed by atoms with Crippen molar-refractivity contribution in [1.82, 2.24) is 20.3 Å². The average molecular weight is 578 g/mol. The number of hydrogen-bond donors (Lipinski definition) is 3. The van der Waals surface area contributed by atoms with Gasteiger partial charge in [-0.3, -0.25) is 4.79 Å². The van der Waals surface area contributed by atoms with Gasteiger partial charge >= 0.3 is 6.18 Å². The number of nitrogens with one attached hydrogen (secondary N) is 2. The fourth-order valence-electron chi connectivity index (χ4n) is 4.77. The Hall–Kier alpha value is -4.27. The van der Waals surface area contributed by atoms with Crippen molar-refractivity contribution < 1.29 is 23.1 Å². The number of anilines is 2. The van der Waals surface area contributed by atoms with E-state index in [0.717, 1.165) is 28.3 Å². The maximum atomic E-state index is 13.0. The summed E-state index contributed by atoms with van der Waals surface area (Å²) in [6.07, 6.45) is 5.61. The summed E-state index contributed by atoms with van der Waals surface area (Å²) in [6, 6.07) is 13.1. The molecular weight excluding hydrogens is 551 g/mol. The number of hydrogen-bond acceptors (Lipinski definition) is 7. The van der Waals surface area contributed by atoms with Gasteiger partial charge in [0.05, 0.1) is 4.88 Å². The minimum atomic E-state index is -4.57. The first-order valence-corrected chi connectivity index (χ1v) is 13.7. The van der Waals surface area contributed by atoms with Gasteiger partial charge in [0, 0.05) is 35.2 Å². The van der Waals surface area contributed by atoms with E-state index in [1.807, 2.05) is 13.0 Å². The van der Waals surface area contributed by atoms with Crippen molar-refractivity contribution in [2.24, 2.45) is 0 Å². The van der Waals surface area contributed by atoms with Crippen molar-refractivity contribution in [3.63, 3.8) is 0 Å². The van der Waals surface area contributed by atoms with Crippen molar-refractivity contribution in [2.75, 3.05) is 5.32 Å². The summed E-state index contributed by atoms with van der Waals surface area (Å²) in [5.74, 6) is 2.18. The zero-order chi connectivity index (χ0) is 29.2. The molecule has 0 bridgehead atoms. The third kappa shape index (κ3) is 6.56. The molecule has 4 aromatic rings. The second kappa shape index (κ2) is 11.3. The highest BCUT2D eigenvalue weighted by Crippen LogP contribution is 2.41. The number of carbonyl (C=O) groups excluding carboxylic acids is 1. The first-order chi connectivity index (χ1) is 19.5. The molecule has 0 saturated heterocycles. The Labute approximate surface area is 238 Å². The first kappa shape index (κ1) is 28.3. The number of aryl methyl sites for hydroxylation is 1. The van der Waals surface area contributed by atoms with Gasteiger partial charge in [-0.1, -0.05) is 12.0 Å². The van der Waals surface area contributed by atoms with Crippen LogP contribution in [0.1, 0.15) is 57.9 Å². The largest absolute Gasteiger partial charge is 0.433 e. The molecule has 0 aliphatic heterocycles. The van der Waals surface area contributed by atoms with E-state index in [4.69, 9.17) is 6.42 Å². The van der Waals surface area contributed by atoms with Gasteiger partial charge in [-0.25, -0.2) is 15.0 Å². The van der Waals surface area contributed by atoms with Crippen LogP contribution >= 0.6 is 11.3 Å². The summed E-state index contributed by atoms with van der Waals surface area (Å²) in [5, 5.41) is 17.9. The molecule has 0 spiro atoms. The van der Waals surface area contributed by atoms with Crippen LogP contribution in [0, 0.1) is 19.3 Å².